The van der Waals surface area contributed by atoms with Gasteiger partial charge < -0.3 is 29.7 Å². The predicted molar refractivity (Wildman–Crippen MR) is 179 cm³/mol. The minimum absolute atomic E-state index is 0.0196. The van der Waals surface area contributed by atoms with Crippen LogP contribution in [0.2, 0.25) is 0 Å². The van der Waals surface area contributed by atoms with E-state index in [2.05, 4.69) is 57.2 Å². The van der Waals surface area contributed by atoms with Crippen molar-refractivity contribution in [3.63, 3.8) is 0 Å². The zero-order valence-electron chi connectivity index (χ0n) is 29.4. The van der Waals surface area contributed by atoms with Crippen molar-refractivity contribution in [1.29, 1.82) is 0 Å². The second-order valence-corrected chi connectivity index (χ2v) is 12.8. The summed E-state index contributed by atoms with van der Waals surface area (Å²) in [6.07, 6.45) is 5.22. The van der Waals surface area contributed by atoms with Gasteiger partial charge in [-0.25, -0.2) is 4.79 Å². The maximum atomic E-state index is 13.2. The van der Waals surface area contributed by atoms with Crippen molar-refractivity contribution in [2.24, 2.45) is 17.3 Å². The molecule has 0 aliphatic rings. The molecule has 0 aromatic heterocycles. The van der Waals surface area contributed by atoms with Crippen molar-refractivity contribution in [3.8, 4) is 0 Å². The van der Waals surface area contributed by atoms with Crippen LogP contribution in [0, 0.1) is 17.3 Å². The number of ether oxygens (including phenoxy) is 3. The Hall–Kier alpha value is -4.15. The third-order valence-electron chi connectivity index (χ3n) is 6.76. The zero-order chi connectivity index (χ0) is 35.8. The van der Waals surface area contributed by atoms with Crippen LogP contribution in [0.4, 0.5) is 4.79 Å². The Kier molecular flexibility index (Phi) is 18.3. The van der Waals surface area contributed by atoms with Gasteiger partial charge in [0.15, 0.2) is 0 Å². The van der Waals surface area contributed by atoms with E-state index in [1.807, 2.05) is 19.9 Å². The van der Waals surface area contributed by atoms with Gasteiger partial charge in [0.05, 0.1) is 6.42 Å². The lowest BCUT2D eigenvalue weighted by molar-refractivity contribution is -0.150. The highest BCUT2D eigenvalue weighted by Crippen LogP contribution is 2.27. The van der Waals surface area contributed by atoms with Crippen LogP contribution in [0.15, 0.2) is 60.8 Å². The molecule has 0 aliphatic carbocycles. The molecule has 2 N–H and O–H groups in total. The maximum absolute atomic E-state index is 13.2. The van der Waals surface area contributed by atoms with Crippen LogP contribution in [-0.4, -0.2) is 79.7 Å². The SMILES string of the molecule is C=CCOC(=O)CC(=C)[C@@H](C)[C@H](OC(=O)CNC(=O)[C@H](C(C)C)N(C)C(=O)[C@H](C)NC(=O)OCC=C)/C(C)=C/C(C)=C/C(C)(C)C. The molecule has 11 nitrogen and oxygen atoms in total. The Balaban J connectivity index is 5.85. The summed E-state index contributed by atoms with van der Waals surface area (Å²) in [5.74, 6) is -3.08. The van der Waals surface area contributed by atoms with Gasteiger partial charge in [-0.1, -0.05) is 96.7 Å². The molecule has 0 rings (SSSR count). The van der Waals surface area contributed by atoms with Gasteiger partial charge in [0, 0.05) is 13.0 Å². The average molecular weight is 646 g/mol. The Morgan fingerprint density at radius 3 is 2.00 bits per heavy atom. The van der Waals surface area contributed by atoms with E-state index in [4.69, 9.17) is 14.2 Å². The normalized spacial score (nSPS) is 14.6. The van der Waals surface area contributed by atoms with Gasteiger partial charge in [-0.3, -0.25) is 19.2 Å². The third-order valence-corrected chi connectivity index (χ3v) is 6.76. The predicted octanol–water partition coefficient (Wildman–Crippen LogP) is 5.05. The number of nitrogens with zero attached hydrogens (tertiary/aromatic N) is 1. The Labute approximate surface area is 275 Å². The molecule has 3 amide bonds. The molecule has 0 saturated carbocycles. The molecule has 0 fully saturated rings. The van der Waals surface area contributed by atoms with Gasteiger partial charge in [-0.05, 0) is 37.7 Å². The summed E-state index contributed by atoms with van der Waals surface area (Å²) >= 11 is 0. The zero-order valence-corrected chi connectivity index (χ0v) is 29.4. The lowest BCUT2D eigenvalue weighted by atomic mass is 9.88. The maximum Gasteiger partial charge on any atom is 0.408 e. The van der Waals surface area contributed by atoms with Gasteiger partial charge in [0.25, 0.3) is 0 Å². The number of nitrogens with one attached hydrogen (secondary N) is 2. The molecular formula is C35H55N3O8. The number of alkyl carbamates (subject to hydrolysis) is 1. The van der Waals surface area contributed by atoms with E-state index in [0.29, 0.717) is 5.57 Å². The quantitative estimate of drug-likeness (QED) is 0.0914. The van der Waals surface area contributed by atoms with E-state index in [1.165, 1.54) is 31.0 Å². The highest BCUT2D eigenvalue weighted by atomic mass is 16.6. The smallest absolute Gasteiger partial charge is 0.408 e. The summed E-state index contributed by atoms with van der Waals surface area (Å²) < 4.78 is 15.8. The number of esters is 2. The first-order chi connectivity index (χ1) is 21.2. The number of amides is 3. The molecule has 0 saturated heterocycles. The van der Waals surface area contributed by atoms with Crippen LogP contribution in [0.5, 0.6) is 0 Å². The first-order valence-corrected chi connectivity index (χ1v) is 15.3. The molecule has 258 valence electrons. The average Bonchev–Trinajstić information content (AvgIpc) is 2.94. The van der Waals surface area contributed by atoms with Crippen LogP contribution in [-0.2, 0) is 33.4 Å². The van der Waals surface area contributed by atoms with E-state index >= 15 is 0 Å². The number of allylic oxidation sites excluding steroid dienone is 3. The summed E-state index contributed by atoms with van der Waals surface area (Å²) in [5.41, 5.74) is 2.13. The third kappa shape index (κ3) is 15.7. The fourth-order valence-corrected chi connectivity index (χ4v) is 4.75. The molecule has 0 spiro atoms. The first kappa shape index (κ1) is 41.9. The van der Waals surface area contributed by atoms with Gasteiger partial charge in [0.2, 0.25) is 11.8 Å². The summed E-state index contributed by atoms with van der Waals surface area (Å²) in [4.78, 5) is 64.7. The summed E-state index contributed by atoms with van der Waals surface area (Å²) in [5, 5.41) is 5.00. The molecule has 0 radical (unpaired) electrons. The topological polar surface area (TPSA) is 140 Å². The minimum atomic E-state index is -0.976. The van der Waals surface area contributed by atoms with E-state index in [0.717, 1.165) is 11.1 Å². The van der Waals surface area contributed by atoms with Crippen LogP contribution in [0.3, 0.4) is 0 Å². The summed E-state index contributed by atoms with van der Waals surface area (Å²) in [7, 11) is 1.45. The largest absolute Gasteiger partial charge is 0.461 e. The Morgan fingerprint density at radius 1 is 0.913 bits per heavy atom. The molecule has 11 heteroatoms. The van der Waals surface area contributed by atoms with Crippen molar-refractivity contribution in [1.82, 2.24) is 15.5 Å². The molecule has 0 unspecified atom stereocenters. The lowest BCUT2D eigenvalue weighted by Crippen LogP contribution is -2.55. The van der Waals surface area contributed by atoms with Gasteiger partial charge in [0.1, 0.15) is 37.9 Å². The van der Waals surface area contributed by atoms with Crippen LogP contribution >= 0.6 is 0 Å². The summed E-state index contributed by atoms with van der Waals surface area (Å²) in [6, 6.07) is -1.92. The number of rotatable bonds is 18. The molecule has 0 aromatic rings. The van der Waals surface area contributed by atoms with E-state index in [9.17, 15) is 24.0 Å². The number of carbonyl (C=O) groups excluding carboxylic acids is 5. The minimum Gasteiger partial charge on any atom is -0.461 e. The van der Waals surface area contributed by atoms with Crippen molar-refractivity contribution in [2.75, 3.05) is 26.8 Å². The van der Waals surface area contributed by atoms with Crippen molar-refractivity contribution < 1.29 is 38.2 Å². The van der Waals surface area contributed by atoms with E-state index in [1.54, 1.807) is 20.8 Å². The van der Waals surface area contributed by atoms with Crippen molar-refractivity contribution in [2.45, 2.75) is 86.9 Å². The second kappa shape index (κ2) is 20.1. The number of carbonyl (C=O) groups is 5. The summed E-state index contributed by atoms with van der Waals surface area (Å²) in [6.45, 7) is 27.4. The van der Waals surface area contributed by atoms with Gasteiger partial charge >= 0.3 is 18.0 Å². The van der Waals surface area contributed by atoms with Crippen LogP contribution < -0.4 is 10.6 Å². The van der Waals surface area contributed by atoms with Crippen LogP contribution in [0.25, 0.3) is 0 Å². The molecule has 46 heavy (non-hydrogen) atoms. The highest BCUT2D eigenvalue weighted by Gasteiger charge is 2.33. The molecule has 0 bridgehead atoms. The molecule has 0 aliphatic heterocycles. The monoisotopic (exact) mass is 645 g/mol. The molecule has 0 aromatic carbocycles. The van der Waals surface area contributed by atoms with E-state index in [-0.39, 0.29) is 31.0 Å². The van der Waals surface area contributed by atoms with Gasteiger partial charge in [-0.15, -0.1) is 0 Å². The highest BCUT2D eigenvalue weighted by molar-refractivity contribution is 5.92. The van der Waals surface area contributed by atoms with Crippen LogP contribution in [0.1, 0.15) is 68.7 Å². The van der Waals surface area contributed by atoms with Crippen molar-refractivity contribution in [3.05, 3.63) is 60.8 Å². The fourth-order valence-electron chi connectivity index (χ4n) is 4.75. The Morgan fingerprint density at radius 2 is 1.48 bits per heavy atom. The van der Waals surface area contributed by atoms with E-state index < -0.39 is 60.5 Å². The molecule has 4 atom stereocenters. The molecular weight excluding hydrogens is 590 g/mol. The van der Waals surface area contributed by atoms with Gasteiger partial charge in [-0.2, -0.15) is 0 Å². The fraction of sp³-hybridized carbons (Fsp3) is 0.571. The first-order valence-electron chi connectivity index (χ1n) is 15.3. The number of likely N-dealkylation sites (N-methyl/N-ethyl adjacent to an activating group) is 1. The second-order valence-electron chi connectivity index (χ2n) is 12.8. The Bertz CT molecular complexity index is 1180. The lowest BCUT2D eigenvalue weighted by Gasteiger charge is -2.32. The molecule has 0 heterocycles. The number of hydrogen-bond donors (Lipinski definition) is 2. The van der Waals surface area contributed by atoms with Crippen molar-refractivity contribution >= 4 is 29.8 Å². The number of hydrogen-bond acceptors (Lipinski definition) is 8. The standard InChI is InChI=1S/C35H55N3O8/c1-14-16-44-28(39)19-24(6)26(8)31(25(7)18-23(5)20-35(10,11)12)46-29(40)21-36-32(41)30(22(3)4)38(13)33(42)27(9)37-34(43)45-17-15-2/h14-15,18,20,22,26-27,30-31H,1-2,6,16-17,19,21H2,3-5,7-13H3,(H,36,41)(H,37,43)/b23-20+,25-18+/t26-,27+,30+,31-/m1/s1.